The SMILES string of the molecule is Cc1ccc(N2C[C@H](C(=O)OCC(=O)c3ccc(OC(=O)c4ccc([N+](=O)[O-])cc4)cc3)CC2=O)cc1[N+](=O)[O-]. The van der Waals surface area contributed by atoms with Gasteiger partial charge in [-0.15, -0.1) is 0 Å². The lowest BCUT2D eigenvalue weighted by atomic mass is 10.1. The Balaban J connectivity index is 1.30. The van der Waals surface area contributed by atoms with Gasteiger partial charge in [-0.3, -0.25) is 34.6 Å². The van der Waals surface area contributed by atoms with E-state index in [2.05, 4.69) is 0 Å². The molecule has 1 atom stereocenters. The highest BCUT2D eigenvalue weighted by Crippen LogP contribution is 2.30. The number of esters is 2. The van der Waals surface area contributed by atoms with Gasteiger partial charge in [-0.05, 0) is 49.4 Å². The lowest BCUT2D eigenvalue weighted by Gasteiger charge is -2.16. The maximum absolute atomic E-state index is 12.5. The third-order valence-corrected chi connectivity index (χ3v) is 6.21. The molecule has 3 aromatic rings. The molecule has 1 aliphatic rings. The van der Waals surface area contributed by atoms with Gasteiger partial charge in [0.1, 0.15) is 5.75 Å². The first-order valence-corrected chi connectivity index (χ1v) is 11.9. The Hall–Kier alpha value is -5.46. The molecule has 0 unspecified atom stereocenters. The summed E-state index contributed by atoms with van der Waals surface area (Å²) in [5.74, 6) is -3.15. The molecular weight excluding hydrogens is 526 g/mol. The lowest BCUT2D eigenvalue weighted by molar-refractivity contribution is -0.385. The minimum absolute atomic E-state index is 0.0408. The van der Waals surface area contributed by atoms with Crippen molar-refractivity contribution >= 4 is 40.7 Å². The first-order chi connectivity index (χ1) is 19.0. The number of amides is 1. The molecule has 0 saturated carbocycles. The summed E-state index contributed by atoms with van der Waals surface area (Å²) in [7, 11) is 0. The van der Waals surface area contributed by atoms with E-state index in [0.717, 1.165) is 0 Å². The Morgan fingerprint density at radius 2 is 1.57 bits per heavy atom. The first-order valence-electron chi connectivity index (χ1n) is 11.9. The summed E-state index contributed by atoms with van der Waals surface area (Å²) in [5, 5.41) is 21.9. The summed E-state index contributed by atoms with van der Waals surface area (Å²) >= 11 is 0. The molecule has 0 radical (unpaired) electrons. The molecule has 1 fully saturated rings. The van der Waals surface area contributed by atoms with Crippen molar-refractivity contribution in [3.63, 3.8) is 0 Å². The van der Waals surface area contributed by atoms with Crippen LogP contribution in [0.15, 0.2) is 66.7 Å². The van der Waals surface area contributed by atoms with Crippen molar-refractivity contribution in [2.75, 3.05) is 18.1 Å². The van der Waals surface area contributed by atoms with E-state index >= 15 is 0 Å². The third-order valence-electron chi connectivity index (χ3n) is 6.21. The topological polar surface area (TPSA) is 176 Å². The molecular formula is C27H21N3O10. The summed E-state index contributed by atoms with van der Waals surface area (Å²) in [4.78, 5) is 71.8. The zero-order chi connectivity index (χ0) is 29.0. The fourth-order valence-electron chi connectivity index (χ4n) is 4.01. The number of non-ortho nitro benzene ring substituents is 1. The van der Waals surface area contributed by atoms with Crippen molar-refractivity contribution in [1.29, 1.82) is 0 Å². The quantitative estimate of drug-likeness (QED) is 0.126. The predicted molar refractivity (Wildman–Crippen MR) is 138 cm³/mol. The number of rotatable bonds is 9. The third kappa shape index (κ3) is 6.15. The van der Waals surface area contributed by atoms with Crippen LogP contribution in [0, 0.1) is 33.1 Å². The Bertz CT molecular complexity index is 1520. The van der Waals surface area contributed by atoms with Crippen molar-refractivity contribution in [3.05, 3.63) is 104 Å². The van der Waals surface area contributed by atoms with Crippen LogP contribution < -0.4 is 9.64 Å². The van der Waals surface area contributed by atoms with Gasteiger partial charge < -0.3 is 14.4 Å². The average Bonchev–Trinajstić information content (AvgIpc) is 3.33. The maximum atomic E-state index is 12.5. The van der Waals surface area contributed by atoms with E-state index in [4.69, 9.17) is 9.47 Å². The van der Waals surface area contributed by atoms with Gasteiger partial charge in [0.05, 0.1) is 27.0 Å². The average molecular weight is 547 g/mol. The number of carbonyl (C=O) groups excluding carboxylic acids is 4. The fourth-order valence-corrected chi connectivity index (χ4v) is 4.01. The summed E-state index contributed by atoms with van der Waals surface area (Å²) in [6, 6.07) is 14.7. The normalized spacial score (nSPS) is 14.5. The van der Waals surface area contributed by atoms with Crippen LogP contribution in [0.5, 0.6) is 5.75 Å². The van der Waals surface area contributed by atoms with Crippen molar-refractivity contribution in [3.8, 4) is 5.75 Å². The summed E-state index contributed by atoms with van der Waals surface area (Å²) in [5.41, 5.74) is 0.693. The van der Waals surface area contributed by atoms with Gasteiger partial charge in [0, 0.05) is 42.3 Å². The van der Waals surface area contributed by atoms with E-state index in [9.17, 15) is 39.4 Å². The van der Waals surface area contributed by atoms with Crippen LogP contribution in [0.4, 0.5) is 17.1 Å². The van der Waals surface area contributed by atoms with Crippen LogP contribution in [-0.2, 0) is 14.3 Å². The number of anilines is 1. The van der Waals surface area contributed by atoms with E-state index in [-0.39, 0.29) is 41.2 Å². The molecule has 3 aromatic carbocycles. The molecule has 0 spiro atoms. The second-order valence-corrected chi connectivity index (χ2v) is 8.88. The number of ether oxygens (including phenoxy) is 2. The standard InChI is InChI=1S/C27H21N3O10/c1-16-2-7-21(13-23(16)30(37)38)28-14-19(12-25(28)32)26(33)39-15-24(31)17-5-10-22(11-6-17)40-27(34)18-3-8-20(9-4-18)29(35)36/h2-11,13,19H,12,14-15H2,1H3/t19-/m1/s1. The van der Waals surface area contributed by atoms with E-state index in [1.165, 1.54) is 65.6 Å². The van der Waals surface area contributed by atoms with Gasteiger partial charge in [-0.2, -0.15) is 0 Å². The first kappa shape index (κ1) is 27.6. The Morgan fingerprint density at radius 1 is 0.925 bits per heavy atom. The molecule has 13 heteroatoms. The van der Waals surface area contributed by atoms with E-state index in [1.54, 1.807) is 13.0 Å². The molecule has 13 nitrogen and oxygen atoms in total. The molecule has 0 N–H and O–H groups in total. The monoisotopic (exact) mass is 547 g/mol. The number of carbonyl (C=O) groups is 4. The summed E-state index contributed by atoms with van der Waals surface area (Å²) < 4.78 is 10.3. The van der Waals surface area contributed by atoms with Gasteiger partial charge in [0.15, 0.2) is 12.4 Å². The Labute approximate surface area is 226 Å². The van der Waals surface area contributed by atoms with Crippen LogP contribution >= 0.6 is 0 Å². The van der Waals surface area contributed by atoms with Gasteiger partial charge in [-0.1, -0.05) is 6.07 Å². The Kier molecular flexibility index (Phi) is 7.94. The largest absolute Gasteiger partial charge is 0.457 e. The highest BCUT2D eigenvalue weighted by atomic mass is 16.6. The van der Waals surface area contributed by atoms with Crippen molar-refractivity contribution in [2.24, 2.45) is 5.92 Å². The van der Waals surface area contributed by atoms with Gasteiger partial charge in [0.2, 0.25) is 5.91 Å². The summed E-state index contributed by atoms with van der Waals surface area (Å²) in [6.45, 7) is 0.954. The van der Waals surface area contributed by atoms with Gasteiger partial charge in [-0.25, -0.2) is 4.79 Å². The highest BCUT2D eigenvalue weighted by molar-refractivity contribution is 6.01. The molecule has 0 bridgehead atoms. The molecule has 204 valence electrons. The molecule has 1 amide bonds. The number of nitro groups is 2. The molecule has 4 rings (SSSR count). The predicted octanol–water partition coefficient (Wildman–Crippen LogP) is 3.81. The van der Waals surface area contributed by atoms with E-state index < -0.39 is 46.0 Å². The van der Waals surface area contributed by atoms with Crippen molar-refractivity contribution in [1.82, 2.24) is 0 Å². The molecule has 1 heterocycles. The summed E-state index contributed by atoms with van der Waals surface area (Å²) in [6.07, 6.45) is -0.163. The number of aryl methyl sites for hydroxylation is 1. The molecule has 40 heavy (non-hydrogen) atoms. The molecule has 1 saturated heterocycles. The van der Waals surface area contributed by atoms with Crippen LogP contribution in [0.25, 0.3) is 0 Å². The fraction of sp³-hybridized carbons (Fsp3) is 0.185. The second kappa shape index (κ2) is 11.5. The van der Waals surface area contributed by atoms with Crippen LogP contribution in [0.2, 0.25) is 0 Å². The number of Topliss-reactive ketones (excluding diaryl/α,β-unsaturated/α-hetero) is 1. The lowest BCUT2D eigenvalue weighted by Crippen LogP contribution is -2.27. The number of hydrogen-bond acceptors (Lipinski definition) is 10. The molecule has 0 aliphatic carbocycles. The van der Waals surface area contributed by atoms with Crippen molar-refractivity contribution < 1.29 is 38.5 Å². The zero-order valence-corrected chi connectivity index (χ0v) is 21.0. The van der Waals surface area contributed by atoms with Crippen LogP contribution in [0.3, 0.4) is 0 Å². The molecule has 1 aliphatic heterocycles. The minimum atomic E-state index is -0.845. The van der Waals surface area contributed by atoms with Crippen molar-refractivity contribution in [2.45, 2.75) is 13.3 Å². The highest BCUT2D eigenvalue weighted by Gasteiger charge is 2.37. The smallest absolute Gasteiger partial charge is 0.343 e. The van der Waals surface area contributed by atoms with E-state index in [0.29, 0.717) is 11.3 Å². The zero-order valence-electron chi connectivity index (χ0n) is 21.0. The molecule has 0 aromatic heterocycles. The van der Waals surface area contributed by atoms with Crippen LogP contribution in [0.1, 0.15) is 32.7 Å². The van der Waals surface area contributed by atoms with Gasteiger partial charge in [0.25, 0.3) is 11.4 Å². The van der Waals surface area contributed by atoms with E-state index in [1.807, 2.05) is 0 Å². The van der Waals surface area contributed by atoms with Crippen LogP contribution in [-0.4, -0.2) is 46.6 Å². The van der Waals surface area contributed by atoms with Gasteiger partial charge >= 0.3 is 11.9 Å². The maximum Gasteiger partial charge on any atom is 0.343 e. The minimum Gasteiger partial charge on any atom is -0.457 e. The number of hydrogen-bond donors (Lipinski definition) is 0. The number of benzene rings is 3. The number of nitro benzene ring substituents is 2. The second-order valence-electron chi connectivity index (χ2n) is 8.88. The number of nitrogens with zero attached hydrogens (tertiary/aromatic N) is 3. The Morgan fingerprint density at radius 3 is 2.20 bits per heavy atom. The number of ketones is 1.